The van der Waals surface area contributed by atoms with E-state index < -0.39 is 23.7 Å². The number of nitrogens with one attached hydrogen (secondary N) is 1. The van der Waals surface area contributed by atoms with Gasteiger partial charge in [0.05, 0.1) is 6.04 Å². The molecule has 38 heavy (non-hydrogen) atoms. The van der Waals surface area contributed by atoms with Crippen LogP contribution in [0.1, 0.15) is 57.6 Å². The van der Waals surface area contributed by atoms with E-state index in [9.17, 15) is 24.6 Å². The molecule has 0 spiro atoms. The molecule has 3 aromatic rings. The molecule has 3 aromatic carbocycles. The molecule has 3 amide bonds. The molecular formula is C30H29N3O5. The lowest BCUT2D eigenvalue weighted by Gasteiger charge is -2.52. The van der Waals surface area contributed by atoms with E-state index in [2.05, 4.69) is 34.5 Å². The fourth-order valence-electron chi connectivity index (χ4n) is 5.97. The van der Waals surface area contributed by atoms with Crippen LogP contribution in [0.2, 0.25) is 0 Å². The van der Waals surface area contributed by atoms with E-state index in [0.717, 1.165) is 11.1 Å². The summed E-state index contributed by atoms with van der Waals surface area (Å²) in [5.41, 5.74) is 2.57. The Morgan fingerprint density at radius 2 is 1.50 bits per heavy atom. The predicted octanol–water partition coefficient (Wildman–Crippen LogP) is 2.32. The lowest BCUT2D eigenvalue weighted by molar-refractivity contribution is -0.175. The Kier molecular flexibility index (Phi) is 6.10. The number of β-amino-alcohol motifs (C(OH)–C–C–N with tert-alkyl or cyclic N) is 1. The van der Waals surface area contributed by atoms with Gasteiger partial charge < -0.3 is 15.1 Å². The summed E-state index contributed by atoms with van der Waals surface area (Å²) in [4.78, 5) is 40.5. The van der Waals surface area contributed by atoms with Gasteiger partial charge >= 0.3 is 0 Å². The number of hydrogen-bond acceptors (Lipinski definition) is 6. The topological polar surface area (TPSA) is 110 Å². The van der Waals surface area contributed by atoms with Crippen LogP contribution in [-0.2, 0) is 16.1 Å². The summed E-state index contributed by atoms with van der Waals surface area (Å²) in [6, 6.07) is 24.5. The minimum atomic E-state index is -1.35. The minimum absolute atomic E-state index is 0.0513. The number of likely N-dealkylation sites (tertiary alicyclic amines) is 1. The molecule has 2 atom stereocenters. The second kappa shape index (κ2) is 9.47. The Balaban J connectivity index is 1.19. The van der Waals surface area contributed by atoms with Gasteiger partial charge in [0.2, 0.25) is 11.8 Å². The van der Waals surface area contributed by atoms with Gasteiger partial charge in [0.25, 0.3) is 5.91 Å². The number of piperidine rings is 1. The number of nitrogens with zero attached hydrogens (tertiary/aromatic N) is 2. The van der Waals surface area contributed by atoms with Crippen LogP contribution in [0.25, 0.3) is 0 Å². The molecule has 0 radical (unpaired) electrons. The number of aliphatic hydroxyl groups excluding tert-OH is 1. The van der Waals surface area contributed by atoms with Gasteiger partial charge in [-0.1, -0.05) is 72.8 Å². The molecule has 0 saturated carbocycles. The molecule has 194 valence electrons. The Hall–Kier alpha value is -3.85. The van der Waals surface area contributed by atoms with Crippen molar-refractivity contribution in [2.45, 2.75) is 43.2 Å². The van der Waals surface area contributed by atoms with Crippen molar-refractivity contribution in [3.8, 4) is 0 Å². The van der Waals surface area contributed by atoms with E-state index >= 15 is 0 Å². The Morgan fingerprint density at radius 1 is 0.868 bits per heavy atom. The summed E-state index contributed by atoms with van der Waals surface area (Å²) in [6.45, 7) is 0.776. The van der Waals surface area contributed by atoms with Crippen molar-refractivity contribution in [3.63, 3.8) is 0 Å². The molecule has 3 heterocycles. The van der Waals surface area contributed by atoms with Gasteiger partial charge in [-0.3, -0.25) is 24.6 Å². The van der Waals surface area contributed by atoms with Gasteiger partial charge in [0.15, 0.2) is 0 Å². The minimum Gasteiger partial charge on any atom is -0.385 e. The number of rotatable bonds is 6. The van der Waals surface area contributed by atoms with Crippen molar-refractivity contribution >= 4 is 17.7 Å². The SMILES string of the molecule is O=C1CCC(N2Cc3cc([C@@H](O)C4(O)CN(C(c5ccccc5)c5ccccc5)C4)ccc3C2=O)C(=O)N1. The van der Waals surface area contributed by atoms with Crippen LogP contribution in [0.5, 0.6) is 0 Å². The number of imide groups is 1. The highest BCUT2D eigenvalue weighted by Crippen LogP contribution is 2.42. The molecule has 0 aromatic heterocycles. The van der Waals surface area contributed by atoms with Crippen molar-refractivity contribution < 1.29 is 24.6 Å². The quantitative estimate of drug-likeness (QED) is 0.438. The summed E-state index contributed by atoms with van der Waals surface area (Å²) in [7, 11) is 0. The maximum atomic E-state index is 13.0. The van der Waals surface area contributed by atoms with Gasteiger partial charge in [0.1, 0.15) is 17.7 Å². The average molecular weight is 512 g/mol. The van der Waals surface area contributed by atoms with E-state index in [-0.39, 0.29) is 43.9 Å². The first-order chi connectivity index (χ1) is 18.3. The molecule has 2 saturated heterocycles. The largest absolute Gasteiger partial charge is 0.385 e. The maximum absolute atomic E-state index is 13.0. The molecule has 3 aliphatic heterocycles. The summed E-state index contributed by atoms with van der Waals surface area (Å²) in [6.07, 6.45) is -0.660. The van der Waals surface area contributed by atoms with Crippen LogP contribution in [0.3, 0.4) is 0 Å². The van der Waals surface area contributed by atoms with Crippen molar-refractivity contribution in [2.24, 2.45) is 0 Å². The van der Waals surface area contributed by atoms with Crippen molar-refractivity contribution in [2.75, 3.05) is 13.1 Å². The van der Waals surface area contributed by atoms with Gasteiger partial charge in [-0.05, 0) is 34.7 Å². The molecule has 1 unspecified atom stereocenters. The fourth-order valence-corrected chi connectivity index (χ4v) is 5.97. The Morgan fingerprint density at radius 3 is 2.11 bits per heavy atom. The monoisotopic (exact) mass is 511 g/mol. The van der Waals surface area contributed by atoms with Gasteiger partial charge in [-0.15, -0.1) is 0 Å². The first kappa shape index (κ1) is 24.5. The number of aliphatic hydroxyl groups is 2. The smallest absolute Gasteiger partial charge is 0.255 e. The zero-order chi connectivity index (χ0) is 26.4. The number of hydrogen-bond donors (Lipinski definition) is 3. The second-order valence-electron chi connectivity index (χ2n) is 10.5. The first-order valence-corrected chi connectivity index (χ1v) is 12.9. The van der Waals surface area contributed by atoms with Crippen LogP contribution < -0.4 is 5.32 Å². The van der Waals surface area contributed by atoms with E-state index in [0.29, 0.717) is 23.1 Å². The summed E-state index contributed by atoms with van der Waals surface area (Å²) in [5.74, 6) is -1.05. The number of fused-ring (bicyclic) bond motifs is 1. The third-order valence-corrected chi connectivity index (χ3v) is 7.92. The lowest BCUT2D eigenvalue weighted by Crippen LogP contribution is -2.65. The number of amides is 3. The normalized spacial score (nSPS) is 21.7. The van der Waals surface area contributed by atoms with Crippen LogP contribution in [0, 0.1) is 0 Å². The van der Waals surface area contributed by atoms with Crippen molar-refractivity contribution in [1.82, 2.24) is 15.1 Å². The Labute approximate surface area is 220 Å². The molecule has 0 aliphatic carbocycles. The van der Waals surface area contributed by atoms with E-state index in [1.165, 1.54) is 4.90 Å². The van der Waals surface area contributed by atoms with E-state index in [1.807, 2.05) is 36.4 Å². The molecule has 8 heteroatoms. The summed E-state index contributed by atoms with van der Waals surface area (Å²) >= 11 is 0. The van der Waals surface area contributed by atoms with Crippen LogP contribution in [0.15, 0.2) is 78.9 Å². The summed E-state index contributed by atoms with van der Waals surface area (Å²) in [5, 5.41) is 25.0. The molecule has 3 N–H and O–H groups in total. The highest BCUT2D eigenvalue weighted by atomic mass is 16.3. The van der Waals surface area contributed by atoms with Crippen molar-refractivity contribution in [3.05, 3.63) is 107 Å². The molecule has 6 rings (SSSR count). The zero-order valence-electron chi connectivity index (χ0n) is 20.8. The average Bonchev–Trinajstić information content (AvgIpc) is 3.24. The highest BCUT2D eigenvalue weighted by Gasteiger charge is 2.50. The third-order valence-electron chi connectivity index (χ3n) is 7.92. The molecule has 8 nitrogen and oxygen atoms in total. The maximum Gasteiger partial charge on any atom is 0.255 e. The molecular weight excluding hydrogens is 482 g/mol. The van der Waals surface area contributed by atoms with Crippen LogP contribution >= 0.6 is 0 Å². The molecule has 0 bridgehead atoms. The summed E-state index contributed by atoms with van der Waals surface area (Å²) < 4.78 is 0. The number of benzene rings is 3. The zero-order valence-corrected chi connectivity index (χ0v) is 20.8. The van der Waals surface area contributed by atoms with Gasteiger partial charge in [0, 0.05) is 31.6 Å². The van der Waals surface area contributed by atoms with Gasteiger partial charge in [-0.25, -0.2) is 0 Å². The number of carbonyl (C=O) groups excluding carboxylic acids is 3. The lowest BCUT2D eigenvalue weighted by atomic mass is 9.80. The highest BCUT2D eigenvalue weighted by molar-refractivity contribution is 6.05. The standard InChI is InChI=1S/C30H29N3O5/c34-25-14-13-24(28(36)31-25)33-16-22-15-21(11-12-23(22)29(33)37)27(35)30(38)17-32(18-30)26(19-7-3-1-4-8-19)20-9-5-2-6-10-20/h1-12,15,24,26-27,35,38H,13-14,16-18H2,(H,31,34,36)/t24?,27-/m1/s1. The first-order valence-electron chi connectivity index (χ1n) is 12.9. The van der Waals surface area contributed by atoms with E-state index in [4.69, 9.17) is 0 Å². The molecule has 2 fully saturated rings. The number of carbonyl (C=O) groups is 3. The Bertz CT molecular complexity index is 1350. The fraction of sp³-hybridized carbons (Fsp3) is 0.300. The predicted molar refractivity (Wildman–Crippen MR) is 139 cm³/mol. The van der Waals surface area contributed by atoms with Crippen molar-refractivity contribution in [1.29, 1.82) is 0 Å². The molecule has 3 aliphatic rings. The van der Waals surface area contributed by atoms with Crippen LogP contribution in [-0.4, -0.2) is 62.5 Å². The van der Waals surface area contributed by atoms with Crippen LogP contribution in [0.4, 0.5) is 0 Å². The third kappa shape index (κ3) is 4.20. The van der Waals surface area contributed by atoms with E-state index in [1.54, 1.807) is 18.2 Å². The second-order valence-corrected chi connectivity index (χ2v) is 10.5. The van der Waals surface area contributed by atoms with Gasteiger partial charge in [-0.2, -0.15) is 0 Å².